The maximum Gasteiger partial charge on any atom is 0.162 e. The predicted octanol–water partition coefficient (Wildman–Crippen LogP) is 0.777. The van der Waals surface area contributed by atoms with E-state index in [0.29, 0.717) is 18.6 Å². The van der Waals surface area contributed by atoms with Crippen molar-refractivity contribution in [3.63, 3.8) is 0 Å². The highest BCUT2D eigenvalue weighted by Crippen LogP contribution is 2.20. The molecule has 0 saturated carbocycles. The Labute approximate surface area is 109 Å². The number of nitrogens with zero attached hydrogens (tertiary/aromatic N) is 5. The molecule has 0 spiro atoms. The SMILES string of the molecule is CC(C)N(C)C(N(CCO)C(C)C)n1cncn1. The van der Waals surface area contributed by atoms with E-state index in [1.807, 2.05) is 4.68 Å². The van der Waals surface area contributed by atoms with Crippen LogP contribution in [0, 0.1) is 0 Å². The van der Waals surface area contributed by atoms with Gasteiger partial charge in [-0.15, -0.1) is 0 Å². The minimum Gasteiger partial charge on any atom is -0.395 e. The Bertz CT molecular complexity index is 325. The highest BCUT2D eigenvalue weighted by molar-refractivity contribution is 4.75. The van der Waals surface area contributed by atoms with Gasteiger partial charge >= 0.3 is 0 Å². The molecule has 0 aliphatic rings. The summed E-state index contributed by atoms with van der Waals surface area (Å²) in [5, 5.41) is 13.5. The summed E-state index contributed by atoms with van der Waals surface area (Å²) in [5.74, 6) is 0. The largest absolute Gasteiger partial charge is 0.395 e. The van der Waals surface area contributed by atoms with Gasteiger partial charge in [0.25, 0.3) is 0 Å². The normalized spacial score (nSPS) is 14.1. The molecule has 0 fully saturated rings. The van der Waals surface area contributed by atoms with Crippen molar-refractivity contribution >= 4 is 0 Å². The van der Waals surface area contributed by atoms with E-state index < -0.39 is 0 Å². The van der Waals surface area contributed by atoms with Gasteiger partial charge in [-0.2, -0.15) is 5.10 Å². The molecule has 1 rings (SSSR count). The summed E-state index contributed by atoms with van der Waals surface area (Å²) in [4.78, 5) is 8.44. The molecular formula is C12H25N5O. The summed E-state index contributed by atoms with van der Waals surface area (Å²) in [6.07, 6.45) is 3.23. The predicted molar refractivity (Wildman–Crippen MR) is 70.9 cm³/mol. The molecule has 18 heavy (non-hydrogen) atoms. The maximum atomic E-state index is 9.25. The van der Waals surface area contributed by atoms with Gasteiger partial charge in [-0.25, -0.2) is 9.67 Å². The molecule has 1 unspecified atom stereocenters. The molecular weight excluding hydrogens is 230 g/mol. The molecule has 1 N–H and O–H groups in total. The third-order valence-corrected chi connectivity index (χ3v) is 3.17. The van der Waals surface area contributed by atoms with Crippen LogP contribution in [-0.4, -0.2) is 62.0 Å². The molecule has 1 atom stereocenters. The second kappa shape index (κ2) is 6.82. The molecule has 0 bridgehead atoms. The molecule has 0 aromatic carbocycles. The van der Waals surface area contributed by atoms with E-state index in [-0.39, 0.29) is 12.9 Å². The van der Waals surface area contributed by atoms with Gasteiger partial charge < -0.3 is 5.11 Å². The third-order valence-electron chi connectivity index (χ3n) is 3.17. The van der Waals surface area contributed by atoms with E-state index >= 15 is 0 Å². The van der Waals surface area contributed by atoms with Crippen molar-refractivity contribution in [2.45, 2.75) is 46.1 Å². The van der Waals surface area contributed by atoms with Gasteiger partial charge in [0.05, 0.1) is 6.61 Å². The van der Waals surface area contributed by atoms with Crippen molar-refractivity contribution in [3.8, 4) is 0 Å². The first-order valence-corrected chi connectivity index (χ1v) is 6.41. The van der Waals surface area contributed by atoms with E-state index in [1.165, 1.54) is 0 Å². The van der Waals surface area contributed by atoms with Gasteiger partial charge in [-0.3, -0.25) is 9.80 Å². The summed E-state index contributed by atoms with van der Waals surface area (Å²) in [6, 6.07) is 0.687. The molecule has 6 nitrogen and oxygen atoms in total. The standard InChI is InChI=1S/C12H25N5O/c1-10(2)15(5)12(17-9-13-8-14-17)16(6-7-18)11(3)4/h8-12,18H,6-7H2,1-5H3. The smallest absolute Gasteiger partial charge is 0.162 e. The minimum atomic E-state index is -0.0281. The van der Waals surface area contributed by atoms with Crippen molar-refractivity contribution in [2.75, 3.05) is 20.2 Å². The molecule has 0 amide bonds. The zero-order valence-corrected chi connectivity index (χ0v) is 12.0. The number of hydrogen-bond donors (Lipinski definition) is 1. The fraction of sp³-hybridized carbons (Fsp3) is 0.833. The van der Waals surface area contributed by atoms with Crippen molar-refractivity contribution in [3.05, 3.63) is 12.7 Å². The van der Waals surface area contributed by atoms with Gasteiger partial charge in [-0.05, 0) is 34.7 Å². The molecule has 0 saturated heterocycles. The lowest BCUT2D eigenvalue weighted by atomic mass is 10.3. The fourth-order valence-corrected chi connectivity index (χ4v) is 1.93. The van der Waals surface area contributed by atoms with E-state index in [1.54, 1.807) is 12.7 Å². The van der Waals surface area contributed by atoms with Crippen LogP contribution in [-0.2, 0) is 0 Å². The molecule has 1 aromatic rings. The average molecular weight is 255 g/mol. The Morgan fingerprint density at radius 1 is 1.22 bits per heavy atom. The van der Waals surface area contributed by atoms with Crippen molar-refractivity contribution in [1.82, 2.24) is 24.6 Å². The lowest BCUT2D eigenvalue weighted by Gasteiger charge is -2.41. The number of rotatable bonds is 7. The van der Waals surface area contributed by atoms with E-state index in [9.17, 15) is 5.11 Å². The first-order valence-electron chi connectivity index (χ1n) is 6.41. The van der Waals surface area contributed by atoms with Crippen LogP contribution < -0.4 is 0 Å². The first kappa shape index (κ1) is 15.1. The summed E-state index contributed by atoms with van der Waals surface area (Å²) >= 11 is 0. The molecule has 104 valence electrons. The summed E-state index contributed by atoms with van der Waals surface area (Å²) in [7, 11) is 2.06. The maximum absolute atomic E-state index is 9.25. The second-order valence-electron chi connectivity index (χ2n) is 5.04. The first-order chi connectivity index (χ1) is 8.49. The molecule has 1 heterocycles. The Balaban J connectivity index is 3.02. The van der Waals surface area contributed by atoms with Crippen molar-refractivity contribution < 1.29 is 5.11 Å². The van der Waals surface area contributed by atoms with Gasteiger partial charge in [0.15, 0.2) is 6.29 Å². The summed E-state index contributed by atoms with van der Waals surface area (Å²) < 4.78 is 1.83. The molecule has 0 aliphatic carbocycles. The third kappa shape index (κ3) is 3.51. The Kier molecular flexibility index (Phi) is 5.71. The van der Waals surface area contributed by atoms with Gasteiger partial charge in [0, 0.05) is 18.6 Å². The zero-order chi connectivity index (χ0) is 13.7. The van der Waals surface area contributed by atoms with Gasteiger partial charge in [-0.1, -0.05) is 0 Å². The van der Waals surface area contributed by atoms with Crippen LogP contribution >= 0.6 is 0 Å². The molecule has 1 aromatic heterocycles. The van der Waals surface area contributed by atoms with Crippen LogP contribution in [0.2, 0.25) is 0 Å². The highest BCUT2D eigenvalue weighted by atomic mass is 16.3. The minimum absolute atomic E-state index is 0.0281. The van der Waals surface area contributed by atoms with E-state index in [0.717, 1.165) is 0 Å². The zero-order valence-electron chi connectivity index (χ0n) is 12.0. The molecule has 6 heteroatoms. The Morgan fingerprint density at radius 3 is 2.28 bits per heavy atom. The number of aliphatic hydroxyl groups is 1. The average Bonchev–Trinajstić information content (AvgIpc) is 2.81. The monoisotopic (exact) mass is 255 g/mol. The van der Waals surface area contributed by atoms with Crippen molar-refractivity contribution in [2.24, 2.45) is 0 Å². The van der Waals surface area contributed by atoms with Crippen LogP contribution in [0.15, 0.2) is 12.7 Å². The summed E-state index contributed by atoms with van der Waals surface area (Å²) in [6.45, 7) is 9.26. The van der Waals surface area contributed by atoms with Crippen LogP contribution in [0.1, 0.15) is 34.0 Å². The van der Waals surface area contributed by atoms with Crippen LogP contribution in [0.3, 0.4) is 0 Å². The highest BCUT2D eigenvalue weighted by Gasteiger charge is 2.28. The van der Waals surface area contributed by atoms with Crippen LogP contribution in [0.5, 0.6) is 0 Å². The lowest BCUT2D eigenvalue weighted by molar-refractivity contribution is -0.0462. The van der Waals surface area contributed by atoms with Gasteiger partial charge in [0.2, 0.25) is 0 Å². The van der Waals surface area contributed by atoms with Crippen molar-refractivity contribution in [1.29, 1.82) is 0 Å². The fourth-order valence-electron chi connectivity index (χ4n) is 1.93. The summed E-state index contributed by atoms with van der Waals surface area (Å²) in [5.41, 5.74) is 0. The van der Waals surface area contributed by atoms with E-state index in [2.05, 4.69) is 54.6 Å². The number of hydrogen-bond acceptors (Lipinski definition) is 5. The quantitative estimate of drug-likeness (QED) is 0.730. The number of aromatic nitrogens is 3. The molecule has 0 aliphatic heterocycles. The Morgan fingerprint density at radius 2 is 1.89 bits per heavy atom. The lowest BCUT2D eigenvalue weighted by Crippen LogP contribution is -2.49. The van der Waals surface area contributed by atoms with Crippen LogP contribution in [0.4, 0.5) is 0 Å². The topological polar surface area (TPSA) is 57.4 Å². The van der Waals surface area contributed by atoms with Crippen LogP contribution in [0.25, 0.3) is 0 Å². The van der Waals surface area contributed by atoms with Gasteiger partial charge in [0.1, 0.15) is 12.7 Å². The second-order valence-corrected chi connectivity index (χ2v) is 5.04. The number of aliphatic hydroxyl groups excluding tert-OH is 1. The molecule has 0 radical (unpaired) electrons. The Hall–Kier alpha value is -0.980. The van der Waals surface area contributed by atoms with E-state index in [4.69, 9.17) is 0 Å².